The Morgan fingerprint density at radius 3 is 2.26 bits per heavy atom. The summed E-state index contributed by atoms with van der Waals surface area (Å²) in [5.41, 5.74) is 3.33. The SMILES string of the molecule is COc1cc(C)c(C(C)NC(=O)c2ccc(Cl)c(S(=O)(=O)N3CCCCCC3)c2)cc1C(C)C. The second kappa shape index (κ2) is 11.1. The van der Waals surface area contributed by atoms with Gasteiger partial charge in [-0.15, -0.1) is 0 Å². The molecule has 1 heterocycles. The smallest absolute Gasteiger partial charge is 0.251 e. The zero-order valence-corrected chi connectivity index (χ0v) is 22.2. The molecule has 0 aliphatic carbocycles. The quantitative estimate of drug-likeness (QED) is 0.512. The summed E-state index contributed by atoms with van der Waals surface area (Å²) in [4.78, 5) is 13.1. The van der Waals surface area contributed by atoms with Crippen molar-refractivity contribution in [2.24, 2.45) is 0 Å². The van der Waals surface area contributed by atoms with Gasteiger partial charge >= 0.3 is 0 Å². The lowest BCUT2D eigenvalue weighted by Gasteiger charge is -2.22. The average Bonchev–Trinajstić information content (AvgIpc) is 3.08. The summed E-state index contributed by atoms with van der Waals surface area (Å²) in [5, 5.41) is 3.14. The molecule has 0 radical (unpaired) electrons. The van der Waals surface area contributed by atoms with Crippen LogP contribution in [0.3, 0.4) is 0 Å². The van der Waals surface area contributed by atoms with Crippen LogP contribution in [0.4, 0.5) is 0 Å². The van der Waals surface area contributed by atoms with E-state index >= 15 is 0 Å². The van der Waals surface area contributed by atoms with Crippen molar-refractivity contribution in [2.45, 2.75) is 70.2 Å². The van der Waals surface area contributed by atoms with Crippen molar-refractivity contribution in [3.63, 3.8) is 0 Å². The second-order valence-electron chi connectivity index (χ2n) is 9.26. The molecule has 1 N–H and O–H groups in total. The Kier molecular flexibility index (Phi) is 8.66. The fraction of sp³-hybridized carbons (Fsp3) is 0.500. The summed E-state index contributed by atoms with van der Waals surface area (Å²) in [6.45, 7) is 9.04. The Balaban J connectivity index is 1.87. The van der Waals surface area contributed by atoms with Crippen LogP contribution in [-0.4, -0.2) is 38.8 Å². The fourth-order valence-corrected chi connectivity index (χ4v) is 6.45. The van der Waals surface area contributed by atoms with Gasteiger partial charge in [0.25, 0.3) is 5.91 Å². The minimum absolute atomic E-state index is 0.0147. The van der Waals surface area contributed by atoms with Crippen LogP contribution in [0.2, 0.25) is 5.02 Å². The number of ether oxygens (including phenoxy) is 1. The van der Waals surface area contributed by atoms with Crippen LogP contribution in [0.5, 0.6) is 5.75 Å². The van der Waals surface area contributed by atoms with Gasteiger partial charge in [-0.25, -0.2) is 8.42 Å². The fourth-order valence-electron chi connectivity index (χ4n) is 4.43. The Labute approximate surface area is 208 Å². The highest BCUT2D eigenvalue weighted by molar-refractivity contribution is 7.89. The first-order valence-corrected chi connectivity index (χ1v) is 13.7. The molecule has 1 aliphatic rings. The van der Waals surface area contributed by atoms with Gasteiger partial charge in [0.15, 0.2) is 0 Å². The van der Waals surface area contributed by atoms with Gasteiger partial charge in [-0.3, -0.25) is 4.79 Å². The summed E-state index contributed by atoms with van der Waals surface area (Å²) in [5.74, 6) is 0.744. The molecule has 0 aromatic heterocycles. The Hall–Kier alpha value is -2.09. The molecule has 0 spiro atoms. The molecule has 34 heavy (non-hydrogen) atoms. The van der Waals surface area contributed by atoms with E-state index in [1.165, 1.54) is 16.4 Å². The number of rotatable bonds is 7. The number of amides is 1. The van der Waals surface area contributed by atoms with Crippen LogP contribution in [0, 0.1) is 6.92 Å². The molecule has 1 amide bonds. The highest BCUT2D eigenvalue weighted by Gasteiger charge is 2.28. The predicted octanol–water partition coefficient (Wildman–Crippen LogP) is 5.84. The number of carbonyl (C=O) groups is 1. The Morgan fingerprint density at radius 2 is 1.68 bits per heavy atom. The normalized spacial score (nSPS) is 16.2. The van der Waals surface area contributed by atoms with Crippen LogP contribution in [-0.2, 0) is 10.0 Å². The molecule has 1 fully saturated rings. The molecular formula is C26H35ClN2O4S. The van der Waals surface area contributed by atoms with Gasteiger partial charge in [0, 0.05) is 18.7 Å². The monoisotopic (exact) mass is 506 g/mol. The topological polar surface area (TPSA) is 75.7 Å². The van der Waals surface area contributed by atoms with Crippen LogP contribution in [0.15, 0.2) is 35.2 Å². The number of hydrogen-bond acceptors (Lipinski definition) is 4. The number of aryl methyl sites for hydroxylation is 1. The summed E-state index contributed by atoms with van der Waals surface area (Å²) in [7, 11) is -2.12. The number of halogens is 1. The van der Waals surface area contributed by atoms with Gasteiger partial charge in [0.05, 0.1) is 18.2 Å². The number of sulfonamides is 1. The predicted molar refractivity (Wildman–Crippen MR) is 136 cm³/mol. The van der Waals surface area contributed by atoms with Gasteiger partial charge in [0.1, 0.15) is 10.6 Å². The van der Waals surface area contributed by atoms with Crippen molar-refractivity contribution in [1.29, 1.82) is 0 Å². The molecular weight excluding hydrogens is 472 g/mol. The first kappa shape index (κ1) is 26.5. The molecule has 3 rings (SSSR count). The average molecular weight is 507 g/mol. The first-order valence-electron chi connectivity index (χ1n) is 11.8. The van der Waals surface area contributed by atoms with E-state index in [1.54, 1.807) is 13.2 Å². The van der Waals surface area contributed by atoms with Crippen molar-refractivity contribution < 1.29 is 17.9 Å². The maximum atomic E-state index is 13.3. The van der Waals surface area contributed by atoms with Crippen LogP contribution >= 0.6 is 11.6 Å². The maximum absolute atomic E-state index is 13.3. The van der Waals surface area contributed by atoms with Crippen LogP contribution in [0.25, 0.3) is 0 Å². The molecule has 1 saturated heterocycles. The van der Waals surface area contributed by atoms with Crippen molar-refractivity contribution in [3.05, 3.63) is 57.6 Å². The van der Waals surface area contributed by atoms with E-state index in [9.17, 15) is 13.2 Å². The highest BCUT2D eigenvalue weighted by Crippen LogP contribution is 2.32. The lowest BCUT2D eigenvalue weighted by molar-refractivity contribution is 0.0939. The van der Waals surface area contributed by atoms with Gasteiger partial charge < -0.3 is 10.1 Å². The summed E-state index contributed by atoms with van der Waals surface area (Å²) >= 11 is 6.29. The van der Waals surface area contributed by atoms with Crippen LogP contribution < -0.4 is 10.1 Å². The number of methoxy groups -OCH3 is 1. The molecule has 6 nitrogen and oxygen atoms in total. The van der Waals surface area contributed by atoms with E-state index in [4.69, 9.17) is 16.3 Å². The molecule has 0 bridgehead atoms. The number of hydrogen-bond donors (Lipinski definition) is 1. The van der Waals surface area contributed by atoms with Crippen LogP contribution in [0.1, 0.15) is 85.5 Å². The number of nitrogens with one attached hydrogen (secondary N) is 1. The third-order valence-corrected chi connectivity index (χ3v) is 8.81. The number of benzene rings is 2. The van der Waals surface area contributed by atoms with E-state index in [1.807, 2.05) is 19.9 Å². The molecule has 1 aliphatic heterocycles. The summed E-state index contributed by atoms with van der Waals surface area (Å²) in [6.07, 6.45) is 3.69. The van der Waals surface area contributed by atoms with E-state index in [0.29, 0.717) is 13.1 Å². The van der Waals surface area contributed by atoms with Gasteiger partial charge in [-0.2, -0.15) is 4.31 Å². The maximum Gasteiger partial charge on any atom is 0.251 e. The lowest BCUT2D eigenvalue weighted by Crippen LogP contribution is -2.32. The molecule has 8 heteroatoms. The molecule has 186 valence electrons. The van der Waals surface area contributed by atoms with Gasteiger partial charge in [-0.1, -0.05) is 38.3 Å². The largest absolute Gasteiger partial charge is 0.496 e. The molecule has 2 aromatic carbocycles. The minimum atomic E-state index is -3.77. The van der Waals surface area contributed by atoms with Crippen molar-refractivity contribution in [3.8, 4) is 5.75 Å². The van der Waals surface area contributed by atoms with E-state index < -0.39 is 10.0 Å². The first-order chi connectivity index (χ1) is 16.1. The third-order valence-electron chi connectivity index (χ3n) is 6.43. The summed E-state index contributed by atoms with van der Waals surface area (Å²) in [6, 6.07) is 8.22. The van der Waals surface area contributed by atoms with Crippen molar-refractivity contribution in [1.82, 2.24) is 9.62 Å². The van der Waals surface area contributed by atoms with E-state index in [2.05, 4.69) is 25.2 Å². The third kappa shape index (κ3) is 5.75. The number of nitrogens with zero attached hydrogens (tertiary/aromatic N) is 1. The Morgan fingerprint density at radius 1 is 1.03 bits per heavy atom. The Bertz CT molecular complexity index is 1140. The zero-order valence-electron chi connectivity index (χ0n) is 20.7. The molecule has 0 saturated carbocycles. The second-order valence-corrected chi connectivity index (χ2v) is 11.6. The highest BCUT2D eigenvalue weighted by atomic mass is 35.5. The number of carbonyl (C=O) groups excluding carboxylic acids is 1. The van der Waals surface area contributed by atoms with Crippen molar-refractivity contribution >= 4 is 27.5 Å². The van der Waals surface area contributed by atoms with Crippen molar-refractivity contribution in [2.75, 3.05) is 20.2 Å². The molecule has 1 atom stereocenters. The molecule has 1 unspecified atom stereocenters. The standard InChI is InChI=1S/C26H35ClN2O4S/c1-17(2)21-16-22(18(3)14-24(21)33-5)19(4)28-26(30)20-10-11-23(27)25(15-20)34(31,32)29-12-8-6-7-9-13-29/h10-11,14-17,19H,6-9,12-13H2,1-5H3,(H,28,30). The zero-order chi connectivity index (χ0) is 25.0. The van der Waals surface area contributed by atoms with Gasteiger partial charge in [-0.05, 0) is 79.6 Å². The molecule has 2 aromatic rings. The minimum Gasteiger partial charge on any atom is -0.496 e. The lowest BCUT2D eigenvalue weighted by atomic mass is 9.93. The van der Waals surface area contributed by atoms with E-state index in [-0.39, 0.29) is 33.3 Å². The summed E-state index contributed by atoms with van der Waals surface area (Å²) < 4.78 is 33.6. The van der Waals surface area contributed by atoms with Gasteiger partial charge in [0.2, 0.25) is 10.0 Å². The van der Waals surface area contributed by atoms with E-state index in [0.717, 1.165) is 48.1 Å².